The third-order valence-corrected chi connectivity index (χ3v) is 5.27. The van der Waals surface area contributed by atoms with E-state index in [4.69, 9.17) is 4.42 Å². The van der Waals surface area contributed by atoms with Gasteiger partial charge in [0.05, 0.1) is 5.56 Å². The molecule has 0 aliphatic carbocycles. The monoisotopic (exact) mass is 468 g/mol. The van der Waals surface area contributed by atoms with Gasteiger partial charge in [0.2, 0.25) is 5.89 Å². The number of benzene rings is 3. The molecule has 0 saturated carbocycles. The summed E-state index contributed by atoms with van der Waals surface area (Å²) in [6, 6.07) is 19.1. The van der Waals surface area contributed by atoms with Crippen molar-refractivity contribution in [1.82, 2.24) is 4.98 Å². The predicted molar refractivity (Wildman–Crippen MR) is 116 cm³/mol. The average Bonchev–Trinajstić information content (AvgIpc) is 3.07. The first kappa shape index (κ1) is 17.7. The molecule has 0 aliphatic heterocycles. The zero-order valence-electron chi connectivity index (χ0n) is 14.9. The summed E-state index contributed by atoms with van der Waals surface area (Å²) in [6.07, 6.45) is 0. The van der Waals surface area contributed by atoms with Crippen molar-refractivity contribution in [3.05, 3.63) is 80.9 Å². The molecule has 1 amide bonds. The van der Waals surface area contributed by atoms with Gasteiger partial charge in [-0.05, 0) is 90.0 Å². The van der Waals surface area contributed by atoms with Gasteiger partial charge in [0.25, 0.3) is 5.91 Å². The average molecular weight is 468 g/mol. The molecule has 27 heavy (non-hydrogen) atoms. The maximum absolute atomic E-state index is 12.4. The highest BCUT2D eigenvalue weighted by Gasteiger charge is 2.12. The molecule has 3 aromatic carbocycles. The summed E-state index contributed by atoms with van der Waals surface area (Å²) in [4.78, 5) is 17.0. The number of nitrogens with zero attached hydrogens (tertiary/aromatic N) is 1. The Balaban J connectivity index is 1.58. The maximum atomic E-state index is 12.4. The number of rotatable bonds is 3. The summed E-state index contributed by atoms with van der Waals surface area (Å²) in [7, 11) is 0. The topological polar surface area (TPSA) is 55.1 Å². The number of aromatic nitrogens is 1. The highest BCUT2D eigenvalue weighted by atomic mass is 127. The van der Waals surface area contributed by atoms with Crippen LogP contribution in [0.4, 0.5) is 5.69 Å². The molecule has 0 saturated heterocycles. The highest BCUT2D eigenvalue weighted by Crippen LogP contribution is 2.28. The van der Waals surface area contributed by atoms with Crippen LogP contribution in [-0.2, 0) is 0 Å². The van der Waals surface area contributed by atoms with Gasteiger partial charge in [-0.15, -0.1) is 0 Å². The molecule has 0 unspecified atom stereocenters. The predicted octanol–water partition coefficient (Wildman–Crippen LogP) is 5.97. The molecule has 1 N–H and O–H groups in total. The van der Waals surface area contributed by atoms with Crippen LogP contribution in [0.2, 0.25) is 0 Å². The van der Waals surface area contributed by atoms with Crippen LogP contribution >= 0.6 is 22.6 Å². The number of halogens is 1. The van der Waals surface area contributed by atoms with Gasteiger partial charge in [0, 0.05) is 14.8 Å². The third kappa shape index (κ3) is 3.60. The Hall–Kier alpha value is -2.67. The van der Waals surface area contributed by atoms with E-state index in [9.17, 15) is 4.79 Å². The first-order chi connectivity index (χ1) is 13.0. The van der Waals surface area contributed by atoms with Crippen molar-refractivity contribution in [3.8, 4) is 11.5 Å². The van der Waals surface area contributed by atoms with Gasteiger partial charge in [-0.1, -0.05) is 18.2 Å². The molecule has 0 spiro atoms. The van der Waals surface area contributed by atoms with Crippen LogP contribution in [0, 0.1) is 17.4 Å². The Bertz CT molecular complexity index is 1150. The number of carbonyl (C=O) groups excluding carboxylic acids is 1. The van der Waals surface area contributed by atoms with Crippen LogP contribution in [0.1, 0.15) is 21.5 Å². The lowest BCUT2D eigenvalue weighted by molar-refractivity contribution is 0.102. The van der Waals surface area contributed by atoms with Gasteiger partial charge in [-0.3, -0.25) is 4.79 Å². The first-order valence-electron chi connectivity index (χ1n) is 8.55. The maximum Gasteiger partial charge on any atom is 0.256 e. The summed E-state index contributed by atoms with van der Waals surface area (Å²) in [6.45, 7) is 4.07. The molecular weight excluding hydrogens is 451 g/mol. The van der Waals surface area contributed by atoms with Crippen LogP contribution in [0.25, 0.3) is 22.6 Å². The number of anilines is 1. The van der Waals surface area contributed by atoms with E-state index in [-0.39, 0.29) is 5.91 Å². The number of nitrogens with one attached hydrogen (secondary N) is 1. The molecule has 0 aliphatic rings. The second kappa shape index (κ2) is 7.15. The quantitative estimate of drug-likeness (QED) is 0.377. The minimum absolute atomic E-state index is 0.124. The Morgan fingerprint density at radius 3 is 2.52 bits per heavy atom. The standard InChI is InChI=1S/C22H17IN2O2/c1-13-11-14(2)20-19(12-13)25-22(27-20)15-7-9-16(10-8-15)24-21(26)17-5-3-4-6-18(17)23/h3-12H,1-2H3,(H,24,26). The zero-order valence-corrected chi connectivity index (χ0v) is 17.1. The van der Waals surface area contributed by atoms with Crippen LogP contribution in [-0.4, -0.2) is 10.9 Å². The number of aryl methyl sites for hydroxylation is 2. The Kier molecular flexibility index (Phi) is 4.70. The van der Waals surface area contributed by atoms with Gasteiger partial charge in [-0.2, -0.15) is 0 Å². The number of carbonyl (C=O) groups is 1. The van der Waals surface area contributed by atoms with Crippen molar-refractivity contribution in [2.75, 3.05) is 5.32 Å². The van der Waals surface area contributed by atoms with E-state index in [1.165, 1.54) is 0 Å². The summed E-state index contributed by atoms with van der Waals surface area (Å²) < 4.78 is 6.86. The van der Waals surface area contributed by atoms with Gasteiger partial charge in [0.1, 0.15) is 5.52 Å². The SMILES string of the molecule is Cc1cc(C)c2oc(-c3ccc(NC(=O)c4ccccc4I)cc3)nc2c1. The van der Waals surface area contributed by atoms with Crippen molar-refractivity contribution < 1.29 is 9.21 Å². The van der Waals surface area contributed by atoms with Crippen molar-refractivity contribution in [2.45, 2.75) is 13.8 Å². The molecule has 0 fully saturated rings. The molecule has 5 heteroatoms. The van der Waals surface area contributed by atoms with E-state index in [1.54, 1.807) is 0 Å². The van der Waals surface area contributed by atoms with E-state index < -0.39 is 0 Å². The Morgan fingerprint density at radius 2 is 1.78 bits per heavy atom. The molecule has 4 aromatic rings. The number of amides is 1. The lowest BCUT2D eigenvalue weighted by Crippen LogP contribution is -2.13. The summed E-state index contributed by atoms with van der Waals surface area (Å²) in [5, 5.41) is 2.93. The number of hydrogen-bond acceptors (Lipinski definition) is 3. The summed E-state index contributed by atoms with van der Waals surface area (Å²) in [5.41, 5.74) is 6.16. The van der Waals surface area contributed by atoms with E-state index in [0.29, 0.717) is 11.5 Å². The fraction of sp³-hybridized carbons (Fsp3) is 0.0909. The number of oxazole rings is 1. The second-order valence-corrected chi connectivity index (χ2v) is 7.62. The first-order valence-corrected chi connectivity index (χ1v) is 9.63. The van der Waals surface area contributed by atoms with Crippen molar-refractivity contribution in [2.24, 2.45) is 0 Å². The molecule has 4 rings (SSSR count). The molecule has 4 nitrogen and oxygen atoms in total. The van der Waals surface area contributed by atoms with Crippen molar-refractivity contribution in [1.29, 1.82) is 0 Å². The molecule has 1 aromatic heterocycles. The van der Waals surface area contributed by atoms with Crippen molar-refractivity contribution in [3.63, 3.8) is 0 Å². The molecule has 1 heterocycles. The van der Waals surface area contributed by atoms with Crippen LogP contribution in [0.15, 0.2) is 65.1 Å². The Morgan fingerprint density at radius 1 is 1.04 bits per heavy atom. The fourth-order valence-electron chi connectivity index (χ4n) is 3.04. The van der Waals surface area contributed by atoms with Gasteiger partial charge in [-0.25, -0.2) is 4.98 Å². The minimum atomic E-state index is -0.124. The largest absolute Gasteiger partial charge is 0.436 e. The van der Waals surface area contributed by atoms with E-state index >= 15 is 0 Å². The highest BCUT2D eigenvalue weighted by molar-refractivity contribution is 14.1. The molecule has 134 valence electrons. The van der Waals surface area contributed by atoms with E-state index in [1.807, 2.05) is 68.4 Å². The second-order valence-electron chi connectivity index (χ2n) is 6.46. The van der Waals surface area contributed by atoms with Crippen LogP contribution in [0.3, 0.4) is 0 Å². The fourth-order valence-corrected chi connectivity index (χ4v) is 3.67. The summed E-state index contributed by atoms with van der Waals surface area (Å²) in [5.74, 6) is 0.454. The number of hydrogen-bond donors (Lipinski definition) is 1. The lowest BCUT2D eigenvalue weighted by atomic mass is 10.1. The number of fused-ring (bicyclic) bond motifs is 1. The Labute approximate surface area is 170 Å². The smallest absolute Gasteiger partial charge is 0.256 e. The summed E-state index contributed by atoms with van der Waals surface area (Å²) >= 11 is 2.16. The van der Waals surface area contributed by atoms with Gasteiger partial charge < -0.3 is 9.73 Å². The minimum Gasteiger partial charge on any atom is -0.436 e. The van der Waals surface area contributed by atoms with Gasteiger partial charge >= 0.3 is 0 Å². The molecule has 0 bridgehead atoms. The van der Waals surface area contributed by atoms with Crippen molar-refractivity contribution >= 4 is 45.3 Å². The third-order valence-electron chi connectivity index (χ3n) is 4.33. The normalized spacial score (nSPS) is 10.9. The zero-order chi connectivity index (χ0) is 19.0. The molecule has 0 atom stereocenters. The van der Waals surface area contributed by atoms with Crippen LogP contribution in [0.5, 0.6) is 0 Å². The van der Waals surface area contributed by atoms with Gasteiger partial charge in [0.15, 0.2) is 5.58 Å². The van der Waals surface area contributed by atoms with Crippen LogP contribution < -0.4 is 5.32 Å². The lowest BCUT2D eigenvalue weighted by Gasteiger charge is -2.07. The van der Waals surface area contributed by atoms with E-state index in [0.717, 1.165) is 37.0 Å². The van der Waals surface area contributed by atoms with E-state index in [2.05, 4.69) is 39.0 Å². The molecule has 0 radical (unpaired) electrons. The molecular formula is C22H17IN2O2.